The number of benzene rings is 2. The van der Waals surface area contributed by atoms with Gasteiger partial charge in [-0.25, -0.2) is 4.98 Å². The number of carbonyl (C=O) groups excluding carboxylic acids is 2. The average molecular weight is 460 g/mol. The Morgan fingerprint density at radius 1 is 1.00 bits per heavy atom. The number of aliphatic hydroxyl groups is 1. The van der Waals surface area contributed by atoms with E-state index in [2.05, 4.69) is 15.3 Å². The van der Waals surface area contributed by atoms with Crippen LogP contribution in [-0.4, -0.2) is 53.7 Å². The normalized spacial score (nSPS) is 9.30. The van der Waals surface area contributed by atoms with E-state index in [9.17, 15) is 9.59 Å². The predicted octanol–water partition coefficient (Wildman–Crippen LogP) is 5.09. The first-order chi connectivity index (χ1) is 16.2. The second kappa shape index (κ2) is 18.4. The van der Waals surface area contributed by atoms with Gasteiger partial charge in [0.05, 0.1) is 30.9 Å². The van der Waals surface area contributed by atoms with E-state index in [4.69, 9.17) is 14.6 Å². The molecule has 0 atom stereocenters. The number of aliphatic hydroxyl groups excluding tert-OH is 1. The summed E-state index contributed by atoms with van der Waals surface area (Å²) in [5.74, 6) is 0.603. The van der Waals surface area contributed by atoms with E-state index in [1.54, 1.807) is 42.5 Å². The van der Waals surface area contributed by atoms with Gasteiger partial charge < -0.3 is 19.6 Å². The zero-order valence-corrected chi connectivity index (χ0v) is 20.5. The van der Waals surface area contributed by atoms with E-state index < -0.39 is 0 Å². The van der Waals surface area contributed by atoms with Crippen LogP contribution in [0, 0.1) is 0 Å². The fourth-order valence-electron chi connectivity index (χ4n) is 2.43. The molecule has 0 aliphatic heterocycles. The molecule has 3 N–H and O–H groups in total. The van der Waals surface area contributed by atoms with Crippen LogP contribution in [0.1, 0.15) is 62.3 Å². The molecule has 0 spiro atoms. The van der Waals surface area contributed by atoms with Crippen LogP contribution in [0.5, 0.6) is 5.75 Å². The highest BCUT2D eigenvalue weighted by molar-refractivity contribution is 6.04. The number of ether oxygens (including phenoxy) is 2. The van der Waals surface area contributed by atoms with Crippen molar-refractivity contribution in [2.45, 2.75) is 41.5 Å². The number of H-pyrrole nitrogens is 1. The third kappa shape index (κ3) is 10.3. The van der Waals surface area contributed by atoms with Gasteiger partial charge in [-0.1, -0.05) is 41.5 Å². The number of amides is 1. The van der Waals surface area contributed by atoms with Crippen molar-refractivity contribution in [3.8, 4) is 5.75 Å². The summed E-state index contributed by atoms with van der Waals surface area (Å²) < 4.78 is 10.6. The molecule has 0 fully saturated rings. The highest BCUT2D eigenvalue weighted by Crippen LogP contribution is 2.17. The van der Waals surface area contributed by atoms with Crippen LogP contribution >= 0.6 is 0 Å². The molecule has 8 nitrogen and oxygen atoms in total. The number of fused-ring (bicyclic) bond motifs is 1. The van der Waals surface area contributed by atoms with Crippen LogP contribution in [-0.2, 0) is 4.74 Å². The van der Waals surface area contributed by atoms with Crippen LogP contribution in [0.25, 0.3) is 11.0 Å². The van der Waals surface area contributed by atoms with Crippen molar-refractivity contribution in [3.05, 3.63) is 53.6 Å². The highest BCUT2D eigenvalue weighted by Gasteiger charge is 2.10. The number of nitrogens with one attached hydrogen (secondary N) is 2. The number of hydrogen-bond donors (Lipinski definition) is 3. The summed E-state index contributed by atoms with van der Waals surface area (Å²) in [6.45, 7) is 13.0. The lowest BCUT2D eigenvalue weighted by atomic mass is 10.2. The molecule has 3 rings (SSSR count). The molecule has 0 aliphatic rings. The van der Waals surface area contributed by atoms with Gasteiger partial charge in [0.15, 0.2) is 0 Å². The van der Waals surface area contributed by atoms with Crippen molar-refractivity contribution in [2.75, 3.05) is 31.7 Å². The first kappa shape index (κ1) is 29.8. The molecule has 2 aromatic carbocycles. The first-order valence-corrected chi connectivity index (χ1v) is 11.4. The van der Waals surface area contributed by atoms with Crippen molar-refractivity contribution in [1.29, 1.82) is 0 Å². The van der Waals surface area contributed by atoms with Gasteiger partial charge in [-0.2, -0.15) is 0 Å². The van der Waals surface area contributed by atoms with E-state index >= 15 is 0 Å². The molecule has 182 valence electrons. The third-order valence-electron chi connectivity index (χ3n) is 3.72. The summed E-state index contributed by atoms with van der Waals surface area (Å²) in [6, 6.07) is 11.7. The molecule has 0 saturated heterocycles. The SMILES string of the molecule is CC.CC.CC.O=Cc1ccc2nc(NC(=O)c3ccc(OCCOCCO)cc3)[nH]c2c1. The average Bonchev–Trinajstić information content (AvgIpc) is 3.29. The number of imidazole rings is 1. The summed E-state index contributed by atoms with van der Waals surface area (Å²) in [5, 5.41) is 11.3. The number of carbonyl (C=O) groups is 2. The van der Waals surface area contributed by atoms with Gasteiger partial charge in [-0.15, -0.1) is 0 Å². The van der Waals surface area contributed by atoms with Crippen molar-refractivity contribution < 1.29 is 24.2 Å². The summed E-state index contributed by atoms with van der Waals surface area (Å²) >= 11 is 0. The Kier molecular flexibility index (Phi) is 16.6. The topological polar surface area (TPSA) is 114 Å². The zero-order chi connectivity index (χ0) is 25.1. The minimum absolute atomic E-state index is 0.0205. The number of aromatic nitrogens is 2. The van der Waals surface area contributed by atoms with Gasteiger partial charge in [-0.05, 0) is 42.5 Å². The van der Waals surface area contributed by atoms with Crippen LogP contribution in [0.15, 0.2) is 42.5 Å². The largest absolute Gasteiger partial charge is 0.491 e. The molecule has 0 saturated carbocycles. The Labute approximate surface area is 196 Å². The van der Waals surface area contributed by atoms with E-state index in [1.807, 2.05) is 41.5 Å². The molecular weight excluding hydrogens is 422 g/mol. The van der Waals surface area contributed by atoms with Crippen LogP contribution in [0.2, 0.25) is 0 Å². The Morgan fingerprint density at radius 2 is 1.67 bits per heavy atom. The van der Waals surface area contributed by atoms with E-state index in [0.717, 1.165) is 6.29 Å². The Morgan fingerprint density at radius 3 is 2.27 bits per heavy atom. The molecule has 8 heteroatoms. The Bertz CT molecular complexity index is 923. The van der Waals surface area contributed by atoms with E-state index in [-0.39, 0.29) is 19.1 Å². The van der Waals surface area contributed by atoms with Crippen molar-refractivity contribution in [3.63, 3.8) is 0 Å². The summed E-state index contributed by atoms with van der Waals surface area (Å²) in [6.07, 6.45) is 0.751. The van der Waals surface area contributed by atoms with Gasteiger partial charge in [0, 0.05) is 11.1 Å². The van der Waals surface area contributed by atoms with Crippen LogP contribution < -0.4 is 10.1 Å². The maximum absolute atomic E-state index is 12.3. The molecule has 0 radical (unpaired) electrons. The Balaban J connectivity index is 0.00000158. The first-order valence-electron chi connectivity index (χ1n) is 11.4. The minimum atomic E-state index is -0.317. The highest BCUT2D eigenvalue weighted by atomic mass is 16.5. The number of aromatic amines is 1. The van der Waals surface area contributed by atoms with Crippen LogP contribution in [0.3, 0.4) is 0 Å². The molecule has 3 aromatic rings. The van der Waals surface area contributed by atoms with Gasteiger partial charge in [-0.3, -0.25) is 14.9 Å². The van der Waals surface area contributed by atoms with Gasteiger partial charge in [0.2, 0.25) is 5.95 Å². The van der Waals surface area contributed by atoms with E-state index in [1.165, 1.54) is 0 Å². The van der Waals surface area contributed by atoms with Crippen molar-refractivity contribution in [1.82, 2.24) is 9.97 Å². The van der Waals surface area contributed by atoms with Crippen LogP contribution in [0.4, 0.5) is 5.95 Å². The fraction of sp³-hybridized carbons (Fsp3) is 0.400. The molecule has 0 aliphatic carbocycles. The molecule has 33 heavy (non-hydrogen) atoms. The second-order valence-electron chi connectivity index (χ2n) is 5.64. The molecule has 1 amide bonds. The van der Waals surface area contributed by atoms with E-state index in [0.29, 0.717) is 47.1 Å². The Hall–Kier alpha value is -3.23. The summed E-state index contributed by atoms with van der Waals surface area (Å²) in [4.78, 5) is 30.4. The smallest absolute Gasteiger partial charge is 0.257 e. The number of hydrogen-bond acceptors (Lipinski definition) is 6. The predicted molar refractivity (Wildman–Crippen MR) is 133 cm³/mol. The third-order valence-corrected chi connectivity index (χ3v) is 3.72. The number of rotatable bonds is 9. The molecule has 1 heterocycles. The maximum atomic E-state index is 12.3. The molecule has 0 bridgehead atoms. The quantitative estimate of drug-likeness (QED) is 0.303. The molecule has 0 unspecified atom stereocenters. The van der Waals surface area contributed by atoms with Gasteiger partial charge >= 0.3 is 0 Å². The standard InChI is InChI=1S/C19H19N3O5.3C2H6/c23-7-8-26-9-10-27-15-4-2-14(3-5-15)18(25)22-19-20-16-6-1-13(12-24)11-17(16)21-19;3*1-2/h1-6,11-12,23H,7-10H2,(H2,20,21,22,25);3*1-2H3. The minimum Gasteiger partial charge on any atom is -0.491 e. The lowest BCUT2D eigenvalue weighted by molar-refractivity contribution is 0.0705. The van der Waals surface area contributed by atoms with Crippen molar-refractivity contribution in [2.24, 2.45) is 0 Å². The summed E-state index contributed by atoms with van der Waals surface area (Å²) in [5.41, 5.74) is 2.31. The van der Waals surface area contributed by atoms with Crippen molar-refractivity contribution >= 4 is 29.2 Å². The number of anilines is 1. The lowest BCUT2D eigenvalue weighted by Crippen LogP contribution is -2.13. The number of aldehydes is 1. The molecule has 1 aromatic heterocycles. The lowest BCUT2D eigenvalue weighted by Gasteiger charge is -2.07. The van der Waals surface area contributed by atoms with Gasteiger partial charge in [0.25, 0.3) is 5.91 Å². The monoisotopic (exact) mass is 459 g/mol. The maximum Gasteiger partial charge on any atom is 0.257 e. The fourth-order valence-corrected chi connectivity index (χ4v) is 2.43. The zero-order valence-electron chi connectivity index (χ0n) is 20.5. The number of nitrogens with zero attached hydrogens (tertiary/aromatic N) is 1. The summed E-state index contributed by atoms with van der Waals surface area (Å²) in [7, 11) is 0. The second-order valence-corrected chi connectivity index (χ2v) is 5.64. The molecular formula is C25H37N3O5. The van der Waals surface area contributed by atoms with Gasteiger partial charge in [0.1, 0.15) is 18.6 Å².